The van der Waals surface area contributed by atoms with Gasteiger partial charge in [0.2, 0.25) is 0 Å². The molecule has 5 atom stereocenters. The van der Waals surface area contributed by atoms with Gasteiger partial charge in [0.05, 0.1) is 24.4 Å². The van der Waals surface area contributed by atoms with Crippen LogP contribution in [-0.2, 0) is 23.4 Å². The summed E-state index contributed by atoms with van der Waals surface area (Å²) >= 11 is 3.10. The average Bonchev–Trinajstić information content (AvgIpc) is 3.29. The number of aliphatic hydroxyl groups excluding tert-OH is 1. The van der Waals surface area contributed by atoms with E-state index in [-0.39, 0.29) is 17.7 Å². The molecule has 0 amide bonds. The molecule has 3 aromatic rings. The Hall–Kier alpha value is -3.06. The van der Waals surface area contributed by atoms with Gasteiger partial charge < -0.3 is 19.1 Å². The second kappa shape index (κ2) is 13.3. The summed E-state index contributed by atoms with van der Waals surface area (Å²) in [7, 11) is -4.27. The van der Waals surface area contributed by atoms with E-state index in [1.165, 1.54) is 24.2 Å². The molecule has 1 aromatic heterocycles. The Morgan fingerprint density at radius 1 is 1.24 bits per heavy atom. The summed E-state index contributed by atoms with van der Waals surface area (Å²) in [5.41, 5.74) is -1.11. The Kier molecular flexibility index (Phi) is 10.0. The van der Waals surface area contributed by atoms with Crippen LogP contribution in [0.4, 0.5) is 0 Å². The van der Waals surface area contributed by atoms with Gasteiger partial charge >= 0.3 is 19.4 Å². The first kappa shape index (κ1) is 30.9. The number of aromatic nitrogens is 2. The van der Waals surface area contributed by atoms with Crippen LogP contribution in [0.25, 0.3) is 16.8 Å². The summed E-state index contributed by atoms with van der Waals surface area (Å²) in [5.74, 6) is -0.408. The number of carbonyl (C=O) groups excluding carboxylic acids is 1. The maximum Gasteiger partial charge on any atom is 0.459 e. The summed E-state index contributed by atoms with van der Waals surface area (Å²) in [6, 6.07) is 11.5. The summed E-state index contributed by atoms with van der Waals surface area (Å²) in [4.78, 5) is 40.6. The van der Waals surface area contributed by atoms with E-state index in [4.69, 9.17) is 18.5 Å². The molecule has 12 nitrogen and oxygen atoms in total. The topological polar surface area (TPSA) is 158 Å². The summed E-state index contributed by atoms with van der Waals surface area (Å²) in [6.45, 7) is 4.43. The van der Waals surface area contributed by atoms with Crippen LogP contribution in [-0.4, -0.2) is 51.6 Å². The zero-order valence-corrected chi connectivity index (χ0v) is 25.0. The predicted octanol–water partition coefficient (Wildman–Crippen LogP) is 3.84. The molecule has 14 heteroatoms. The van der Waals surface area contributed by atoms with Gasteiger partial charge in [-0.05, 0) is 43.3 Å². The molecule has 0 saturated carbocycles. The van der Waals surface area contributed by atoms with Crippen LogP contribution in [0.1, 0.15) is 39.0 Å². The van der Waals surface area contributed by atoms with Crippen LogP contribution in [0.2, 0.25) is 0 Å². The van der Waals surface area contributed by atoms with Gasteiger partial charge in [0, 0.05) is 18.0 Å². The molecule has 3 N–H and O–H groups in total. The predicted molar refractivity (Wildman–Crippen MR) is 156 cm³/mol. The number of hydrogen-bond donors (Lipinski definition) is 3. The second-order valence-corrected chi connectivity index (χ2v) is 11.9. The van der Waals surface area contributed by atoms with Crippen LogP contribution in [0.5, 0.6) is 5.75 Å². The van der Waals surface area contributed by atoms with Gasteiger partial charge in [-0.15, -0.1) is 0 Å². The Labute approximate surface area is 244 Å². The van der Waals surface area contributed by atoms with Gasteiger partial charge in [0.1, 0.15) is 24.1 Å². The Morgan fingerprint density at radius 2 is 1.98 bits per heavy atom. The van der Waals surface area contributed by atoms with E-state index in [0.29, 0.717) is 5.39 Å². The molecular formula is C27H31BrN3O9P. The maximum atomic E-state index is 14.0. The number of carbonyl (C=O) groups is 1. The number of ether oxygens (including phenoxy) is 2. The lowest BCUT2D eigenvalue weighted by atomic mass is 10.1. The maximum absolute atomic E-state index is 14.0. The molecule has 1 aliphatic rings. The number of benzene rings is 2. The molecular weight excluding hydrogens is 621 g/mol. The number of nitrogens with zero attached hydrogens (tertiary/aromatic N) is 1. The van der Waals surface area contributed by atoms with E-state index in [1.807, 2.05) is 18.2 Å². The number of hydrogen-bond acceptors (Lipinski definition) is 9. The van der Waals surface area contributed by atoms with E-state index >= 15 is 0 Å². The fourth-order valence-electron chi connectivity index (χ4n) is 4.23. The third-order valence-corrected chi connectivity index (χ3v) is 8.08. The van der Waals surface area contributed by atoms with Crippen molar-refractivity contribution < 1.29 is 33.0 Å². The van der Waals surface area contributed by atoms with Crippen molar-refractivity contribution in [3.8, 4) is 5.75 Å². The number of H-pyrrole nitrogens is 1. The van der Waals surface area contributed by atoms with Crippen molar-refractivity contribution in [3.63, 3.8) is 0 Å². The summed E-state index contributed by atoms with van der Waals surface area (Å²) < 4.78 is 37.9. The van der Waals surface area contributed by atoms with Gasteiger partial charge in [-0.3, -0.25) is 23.7 Å². The SMILES string of the molecule is CC(C)OC(=O)[C@H](C)NP(=O)(OC[C@H]1O[C@@H](n2cc(/C=C/Br)c(=O)[nH]c2=O)C[C@@H]1O)Oc1cccc2ccccc12. The molecule has 0 spiro atoms. The summed E-state index contributed by atoms with van der Waals surface area (Å²) in [6.07, 6.45) is -0.683. The Morgan fingerprint density at radius 3 is 2.71 bits per heavy atom. The Bertz CT molecular complexity index is 1580. The van der Waals surface area contributed by atoms with Crippen LogP contribution >= 0.6 is 23.7 Å². The smallest absolute Gasteiger partial charge is 0.459 e. The minimum Gasteiger partial charge on any atom is -0.462 e. The fourth-order valence-corrected chi connectivity index (χ4v) is 6.03. The molecule has 1 aliphatic heterocycles. The highest BCUT2D eigenvalue weighted by molar-refractivity contribution is 9.11. The van der Waals surface area contributed by atoms with E-state index < -0.39 is 62.2 Å². The van der Waals surface area contributed by atoms with Gasteiger partial charge in [0.25, 0.3) is 5.56 Å². The first-order chi connectivity index (χ1) is 19.5. The molecule has 4 rings (SSSR count). The number of esters is 1. The zero-order chi connectivity index (χ0) is 29.7. The highest BCUT2D eigenvalue weighted by atomic mass is 79.9. The standard InChI is InChI=1S/C27H31BrN3O9P/c1-16(2)38-26(34)17(3)30-41(36,40-22-10-6-8-18-7-4-5-9-20(18)22)37-15-23-21(32)13-24(39-23)31-14-19(11-12-28)25(33)29-27(31)35/h4-12,14,16-17,21,23-24,32H,13,15H2,1-3H3,(H,30,36)(H,29,33,35)/b12-11+/t17-,21-,23+,24+,41?/m0/s1. The van der Waals surface area contributed by atoms with Crippen LogP contribution in [0.15, 0.2) is 63.2 Å². The third-order valence-electron chi connectivity index (χ3n) is 6.19. The number of aliphatic hydroxyl groups is 1. The van der Waals surface area contributed by atoms with Crippen LogP contribution in [0, 0.1) is 0 Å². The van der Waals surface area contributed by atoms with Gasteiger partial charge in [-0.2, -0.15) is 5.09 Å². The van der Waals surface area contributed by atoms with Crippen LogP contribution in [0.3, 0.4) is 0 Å². The minimum absolute atomic E-state index is 0.00350. The molecule has 1 fully saturated rings. The fraction of sp³-hybridized carbons (Fsp3) is 0.370. The third kappa shape index (κ3) is 7.62. The summed E-state index contributed by atoms with van der Waals surface area (Å²) in [5, 5.41) is 14.8. The van der Waals surface area contributed by atoms with Crippen molar-refractivity contribution in [1.82, 2.24) is 14.6 Å². The number of aromatic amines is 1. The first-order valence-corrected chi connectivity index (χ1v) is 15.3. The van der Waals surface area contributed by atoms with Crippen molar-refractivity contribution in [3.05, 3.63) is 80.0 Å². The molecule has 0 radical (unpaired) electrons. The molecule has 0 aliphatic carbocycles. The monoisotopic (exact) mass is 651 g/mol. The van der Waals surface area contributed by atoms with Crippen molar-refractivity contribution in [2.24, 2.45) is 0 Å². The second-order valence-electron chi connectivity index (χ2n) is 9.67. The van der Waals surface area contributed by atoms with Gasteiger partial charge in [-0.1, -0.05) is 52.3 Å². The molecule has 1 saturated heterocycles. The van der Waals surface area contributed by atoms with Crippen molar-refractivity contribution in [1.29, 1.82) is 0 Å². The first-order valence-electron chi connectivity index (χ1n) is 12.9. The number of rotatable bonds is 11. The lowest BCUT2D eigenvalue weighted by Gasteiger charge is -2.25. The van der Waals surface area contributed by atoms with Crippen molar-refractivity contribution >= 4 is 46.5 Å². The van der Waals surface area contributed by atoms with Gasteiger partial charge in [-0.25, -0.2) is 9.36 Å². The van der Waals surface area contributed by atoms with E-state index in [2.05, 4.69) is 26.0 Å². The zero-order valence-electron chi connectivity index (χ0n) is 22.6. The number of fused-ring (bicyclic) bond motifs is 1. The number of halogens is 1. The van der Waals surface area contributed by atoms with Gasteiger partial charge in [0.15, 0.2) is 0 Å². The van der Waals surface area contributed by atoms with Crippen molar-refractivity contribution in [2.45, 2.75) is 57.8 Å². The van der Waals surface area contributed by atoms with E-state index in [9.17, 15) is 24.1 Å². The minimum atomic E-state index is -4.27. The van der Waals surface area contributed by atoms with E-state index in [1.54, 1.807) is 38.1 Å². The average molecular weight is 652 g/mol. The molecule has 2 aromatic carbocycles. The van der Waals surface area contributed by atoms with Crippen molar-refractivity contribution in [2.75, 3.05) is 6.61 Å². The van der Waals surface area contributed by atoms with E-state index in [0.717, 1.165) is 9.95 Å². The molecule has 2 heterocycles. The lowest BCUT2D eigenvalue weighted by Crippen LogP contribution is -2.37. The molecule has 1 unspecified atom stereocenters. The normalized spacial score (nSPS) is 21.3. The largest absolute Gasteiger partial charge is 0.462 e. The highest BCUT2D eigenvalue weighted by Gasteiger charge is 2.40. The highest BCUT2D eigenvalue weighted by Crippen LogP contribution is 2.47. The molecule has 220 valence electrons. The molecule has 0 bridgehead atoms. The molecule has 41 heavy (non-hydrogen) atoms. The van der Waals surface area contributed by atoms with Crippen LogP contribution < -0.4 is 20.9 Å². The lowest BCUT2D eigenvalue weighted by molar-refractivity contribution is -0.149. The quantitative estimate of drug-likeness (QED) is 0.205. The Balaban J connectivity index is 1.56. The number of nitrogens with one attached hydrogen (secondary N) is 2.